The Morgan fingerprint density at radius 1 is 1.00 bits per heavy atom. The van der Waals surface area contributed by atoms with Crippen molar-refractivity contribution in [3.8, 4) is 0 Å². The summed E-state index contributed by atoms with van der Waals surface area (Å²) in [5, 5.41) is 0.420. The number of rotatable bonds is 6. The molecule has 0 fully saturated rings. The number of para-hydroxylation sites is 1. The Labute approximate surface area is 156 Å². The van der Waals surface area contributed by atoms with Crippen LogP contribution in [0.2, 0.25) is 0 Å². The van der Waals surface area contributed by atoms with Crippen LogP contribution in [0.1, 0.15) is 42.9 Å². The van der Waals surface area contributed by atoms with E-state index in [4.69, 9.17) is 0 Å². The van der Waals surface area contributed by atoms with Gasteiger partial charge in [-0.15, -0.1) is 0 Å². The van der Waals surface area contributed by atoms with Crippen molar-refractivity contribution in [3.05, 3.63) is 76.3 Å². The van der Waals surface area contributed by atoms with Crippen LogP contribution >= 0.6 is 0 Å². The molecule has 0 bridgehead atoms. The van der Waals surface area contributed by atoms with Crippen LogP contribution in [0.3, 0.4) is 0 Å². The molecule has 1 aromatic heterocycles. The number of fused-ring (bicyclic) bond motifs is 1. The maximum absolute atomic E-state index is 13.0. The van der Waals surface area contributed by atoms with Crippen LogP contribution in [0.25, 0.3) is 10.9 Å². The quantitative estimate of drug-likeness (QED) is 0.538. The molecule has 3 rings (SSSR count). The molecule has 6 nitrogen and oxygen atoms in total. The van der Waals surface area contributed by atoms with E-state index in [0.717, 1.165) is 0 Å². The zero-order valence-electron chi connectivity index (χ0n) is 15.5. The molecule has 1 N–H and O–H groups in total. The third-order valence-electron chi connectivity index (χ3n) is 4.30. The van der Waals surface area contributed by atoms with Crippen molar-refractivity contribution in [2.24, 2.45) is 0 Å². The van der Waals surface area contributed by atoms with E-state index >= 15 is 0 Å². The summed E-state index contributed by atoms with van der Waals surface area (Å²) >= 11 is 0. The molecule has 6 heteroatoms. The van der Waals surface area contributed by atoms with Gasteiger partial charge in [0.15, 0.2) is 17.6 Å². The van der Waals surface area contributed by atoms with Crippen LogP contribution in [0, 0.1) is 0 Å². The summed E-state index contributed by atoms with van der Waals surface area (Å²) in [5.41, 5.74) is 3.48. The monoisotopic (exact) mass is 363 g/mol. The highest BCUT2D eigenvalue weighted by atomic mass is 16.2. The average Bonchev–Trinajstić information content (AvgIpc) is 2.67. The number of benzene rings is 2. The second-order valence-corrected chi connectivity index (χ2v) is 6.69. The average molecular weight is 363 g/mol. The molecule has 0 aliphatic heterocycles. The molecular weight excluding hydrogens is 342 g/mol. The molecule has 0 aliphatic rings. The van der Waals surface area contributed by atoms with Gasteiger partial charge < -0.3 is 5.43 Å². The van der Waals surface area contributed by atoms with E-state index in [0.29, 0.717) is 22.3 Å². The topological polar surface area (TPSA) is 81.1 Å². The second kappa shape index (κ2) is 7.53. The molecule has 1 atom stereocenters. The smallest absolute Gasteiger partial charge is 0.279 e. The molecule has 0 saturated carbocycles. The predicted molar refractivity (Wildman–Crippen MR) is 105 cm³/mol. The number of Topliss-reactive ketones (excluding diaryl/α,β-unsaturated/α-hetero) is 2. The summed E-state index contributed by atoms with van der Waals surface area (Å²) in [4.78, 5) is 42.6. The van der Waals surface area contributed by atoms with E-state index in [-0.39, 0.29) is 17.3 Å². The van der Waals surface area contributed by atoms with E-state index in [2.05, 4.69) is 10.4 Å². The van der Waals surface area contributed by atoms with Crippen LogP contribution in [-0.4, -0.2) is 27.3 Å². The standard InChI is InChI=1S/C21H21N3O3/c1-13(2)20-22-17-12-8-7-11-16(17)21(27)24(20)23-18(14(3)25)19(26)15-9-5-4-6-10-15/h4-13,18,23H,1-3H3. The van der Waals surface area contributed by atoms with E-state index < -0.39 is 11.8 Å². The number of hydrogen-bond donors (Lipinski definition) is 1. The van der Waals surface area contributed by atoms with Crippen LogP contribution in [0.15, 0.2) is 59.4 Å². The number of nitrogens with one attached hydrogen (secondary N) is 1. The van der Waals surface area contributed by atoms with Gasteiger partial charge in [-0.1, -0.05) is 56.3 Å². The summed E-state index contributed by atoms with van der Waals surface area (Å²) < 4.78 is 1.24. The fourth-order valence-corrected chi connectivity index (χ4v) is 2.89. The lowest BCUT2D eigenvalue weighted by molar-refractivity contribution is -0.117. The molecule has 0 radical (unpaired) electrons. The van der Waals surface area contributed by atoms with E-state index in [1.807, 2.05) is 19.9 Å². The van der Waals surface area contributed by atoms with Crippen LogP contribution in [-0.2, 0) is 4.79 Å². The summed E-state index contributed by atoms with van der Waals surface area (Å²) in [7, 11) is 0. The van der Waals surface area contributed by atoms with Gasteiger partial charge in [0.05, 0.1) is 10.9 Å². The van der Waals surface area contributed by atoms with Gasteiger partial charge in [-0.3, -0.25) is 14.4 Å². The zero-order chi connectivity index (χ0) is 19.6. The zero-order valence-corrected chi connectivity index (χ0v) is 15.5. The van der Waals surface area contributed by atoms with Gasteiger partial charge in [-0.05, 0) is 19.1 Å². The van der Waals surface area contributed by atoms with E-state index in [1.54, 1.807) is 48.5 Å². The van der Waals surface area contributed by atoms with Gasteiger partial charge in [-0.25, -0.2) is 9.66 Å². The molecule has 1 unspecified atom stereocenters. The van der Waals surface area contributed by atoms with Gasteiger partial charge >= 0.3 is 0 Å². The van der Waals surface area contributed by atoms with Crippen LogP contribution in [0.4, 0.5) is 0 Å². The van der Waals surface area contributed by atoms with Gasteiger partial charge in [-0.2, -0.15) is 0 Å². The number of ketones is 2. The Kier molecular flexibility index (Phi) is 5.16. The fourth-order valence-electron chi connectivity index (χ4n) is 2.89. The van der Waals surface area contributed by atoms with Crippen molar-refractivity contribution in [3.63, 3.8) is 0 Å². The first-order valence-electron chi connectivity index (χ1n) is 8.78. The predicted octanol–water partition coefficient (Wildman–Crippen LogP) is 2.90. The van der Waals surface area contributed by atoms with Gasteiger partial charge in [0, 0.05) is 11.5 Å². The molecular formula is C21H21N3O3. The minimum atomic E-state index is -1.18. The molecule has 0 spiro atoms. The molecule has 0 aliphatic carbocycles. The number of carbonyl (C=O) groups is 2. The van der Waals surface area contributed by atoms with E-state index in [1.165, 1.54) is 11.6 Å². The molecule has 2 aromatic carbocycles. The lowest BCUT2D eigenvalue weighted by Crippen LogP contribution is -2.46. The molecule has 0 saturated heterocycles. The number of carbonyl (C=O) groups excluding carboxylic acids is 2. The van der Waals surface area contributed by atoms with Crippen molar-refractivity contribution in [1.29, 1.82) is 0 Å². The van der Waals surface area contributed by atoms with Crippen molar-refractivity contribution < 1.29 is 9.59 Å². The molecule has 27 heavy (non-hydrogen) atoms. The molecule has 3 aromatic rings. The van der Waals surface area contributed by atoms with Gasteiger partial charge in [0.1, 0.15) is 5.82 Å². The van der Waals surface area contributed by atoms with Crippen LogP contribution < -0.4 is 11.0 Å². The Hall–Kier alpha value is -3.28. The van der Waals surface area contributed by atoms with Crippen molar-refractivity contribution in [1.82, 2.24) is 9.66 Å². The van der Waals surface area contributed by atoms with Crippen molar-refractivity contribution in [2.45, 2.75) is 32.7 Å². The van der Waals surface area contributed by atoms with Crippen LogP contribution in [0.5, 0.6) is 0 Å². The highest BCUT2D eigenvalue weighted by Crippen LogP contribution is 2.15. The number of hydrogen-bond acceptors (Lipinski definition) is 5. The fraction of sp³-hybridized carbons (Fsp3) is 0.238. The Morgan fingerprint density at radius 2 is 1.63 bits per heavy atom. The van der Waals surface area contributed by atoms with Crippen molar-refractivity contribution in [2.75, 3.05) is 5.43 Å². The minimum absolute atomic E-state index is 0.0887. The van der Waals surface area contributed by atoms with Gasteiger partial charge in [0.25, 0.3) is 5.56 Å². The largest absolute Gasteiger partial charge is 0.303 e. The first-order chi connectivity index (χ1) is 12.9. The normalized spacial score (nSPS) is 12.1. The molecule has 1 heterocycles. The Morgan fingerprint density at radius 3 is 2.26 bits per heavy atom. The maximum atomic E-state index is 13.0. The summed E-state index contributed by atoms with van der Waals surface area (Å²) in [5.74, 6) is -0.392. The third-order valence-corrected chi connectivity index (χ3v) is 4.30. The summed E-state index contributed by atoms with van der Waals surface area (Å²) in [6, 6.07) is 14.4. The first-order valence-corrected chi connectivity index (χ1v) is 8.78. The Balaban J connectivity index is 2.11. The lowest BCUT2D eigenvalue weighted by Gasteiger charge is -2.22. The number of aromatic nitrogens is 2. The summed E-state index contributed by atoms with van der Waals surface area (Å²) in [6.07, 6.45) is 0. The van der Waals surface area contributed by atoms with Gasteiger partial charge in [0.2, 0.25) is 0 Å². The molecule has 138 valence electrons. The maximum Gasteiger partial charge on any atom is 0.279 e. The summed E-state index contributed by atoms with van der Waals surface area (Å²) in [6.45, 7) is 5.13. The molecule has 0 amide bonds. The Bertz CT molecular complexity index is 1060. The second-order valence-electron chi connectivity index (χ2n) is 6.69. The highest BCUT2D eigenvalue weighted by molar-refractivity contribution is 6.14. The SMILES string of the molecule is CC(=O)C(Nn1c(C(C)C)nc2ccccc2c1=O)C(=O)c1ccccc1. The van der Waals surface area contributed by atoms with E-state index in [9.17, 15) is 14.4 Å². The first kappa shape index (κ1) is 18.5. The lowest BCUT2D eigenvalue weighted by atomic mass is 10.0. The number of nitrogens with zero attached hydrogens (tertiary/aromatic N) is 2. The highest BCUT2D eigenvalue weighted by Gasteiger charge is 2.26. The minimum Gasteiger partial charge on any atom is -0.303 e. The van der Waals surface area contributed by atoms with Crippen molar-refractivity contribution >= 4 is 22.5 Å². The third kappa shape index (κ3) is 3.65.